The van der Waals surface area contributed by atoms with E-state index in [1.165, 1.54) is 0 Å². The van der Waals surface area contributed by atoms with E-state index in [0.717, 1.165) is 31.9 Å². The summed E-state index contributed by atoms with van der Waals surface area (Å²) in [5.41, 5.74) is 5.81. The molecule has 0 aromatic carbocycles. The predicted molar refractivity (Wildman–Crippen MR) is 48.9 cm³/mol. The van der Waals surface area contributed by atoms with Crippen molar-refractivity contribution in [1.29, 1.82) is 0 Å². The molecule has 5 heteroatoms. The largest absolute Gasteiger partial charge is 0.326 e. The van der Waals surface area contributed by atoms with E-state index < -0.39 is 0 Å². The van der Waals surface area contributed by atoms with Crippen LogP contribution in [0.3, 0.4) is 0 Å². The normalized spacial score (nSPS) is 24.0. The number of likely N-dealkylation sites (tertiary alicyclic amines) is 1. The van der Waals surface area contributed by atoms with Gasteiger partial charge in [-0.2, -0.15) is 5.10 Å². The quantitative estimate of drug-likeness (QED) is 0.658. The number of nitrogens with zero attached hydrogens (tertiary/aromatic N) is 4. The minimum absolute atomic E-state index is 0.341. The number of rotatable bonds is 2. The van der Waals surface area contributed by atoms with Gasteiger partial charge >= 0.3 is 0 Å². The van der Waals surface area contributed by atoms with Gasteiger partial charge in [0.1, 0.15) is 12.2 Å². The van der Waals surface area contributed by atoms with Crippen LogP contribution in [0.5, 0.6) is 0 Å². The molecule has 13 heavy (non-hydrogen) atoms. The van der Waals surface area contributed by atoms with Crippen molar-refractivity contribution in [3.8, 4) is 0 Å². The highest BCUT2D eigenvalue weighted by molar-refractivity contribution is 4.87. The molecule has 72 valence electrons. The Bertz CT molecular complexity index is 282. The molecule has 1 aromatic rings. The Morgan fingerprint density at radius 1 is 1.69 bits per heavy atom. The Hall–Kier alpha value is -0.940. The van der Waals surface area contributed by atoms with E-state index in [1.807, 2.05) is 11.7 Å². The van der Waals surface area contributed by atoms with Crippen LogP contribution in [0.4, 0.5) is 0 Å². The molecule has 1 saturated heterocycles. The predicted octanol–water partition coefficient (Wildman–Crippen LogP) is -0.652. The summed E-state index contributed by atoms with van der Waals surface area (Å²) >= 11 is 0. The lowest BCUT2D eigenvalue weighted by molar-refractivity contribution is 0.312. The zero-order chi connectivity index (χ0) is 9.26. The molecule has 0 amide bonds. The topological polar surface area (TPSA) is 60.0 Å². The molecule has 1 fully saturated rings. The molecule has 0 spiro atoms. The number of nitrogens with two attached hydrogens (primary N) is 1. The van der Waals surface area contributed by atoms with Crippen molar-refractivity contribution in [2.75, 3.05) is 13.1 Å². The molecule has 0 radical (unpaired) electrons. The van der Waals surface area contributed by atoms with Crippen LogP contribution < -0.4 is 5.73 Å². The lowest BCUT2D eigenvalue weighted by Gasteiger charge is -2.13. The third-order valence-electron chi connectivity index (χ3n) is 2.48. The second-order valence-corrected chi connectivity index (χ2v) is 3.58. The number of aryl methyl sites for hydroxylation is 1. The highest BCUT2D eigenvalue weighted by Gasteiger charge is 2.20. The van der Waals surface area contributed by atoms with Crippen molar-refractivity contribution >= 4 is 0 Å². The van der Waals surface area contributed by atoms with Gasteiger partial charge in [0.15, 0.2) is 0 Å². The van der Waals surface area contributed by atoms with Gasteiger partial charge in [0.05, 0.1) is 6.54 Å². The van der Waals surface area contributed by atoms with Crippen LogP contribution in [0.1, 0.15) is 12.2 Å². The zero-order valence-electron chi connectivity index (χ0n) is 7.85. The highest BCUT2D eigenvalue weighted by Crippen LogP contribution is 2.09. The highest BCUT2D eigenvalue weighted by atomic mass is 15.3. The Labute approximate surface area is 77.5 Å². The summed E-state index contributed by atoms with van der Waals surface area (Å²) in [6.45, 7) is 2.92. The van der Waals surface area contributed by atoms with Crippen LogP contribution >= 0.6 is 0 Å². The summed E-state index contributed by atoms with van der Waals surface area (Å²) in [4.78, 5) is 6.49. The van der Waals surface area contributed by atoms with Gasteiger partial charge in [0, 0.05) is 26.2 Å². The summed E-state index contributed by atoms with van der Waals surface area (Å²) in [5.74, 6) is 1.01. The monoisotopic (exact) mass is 181 g/mol. The Morgan fingerprint density at radius 2 is 2.54 bits per heavy atom. The second kappa shape index (κ2) is 3.43. The lowest BCUT2D eigenvalue weighted by Crippen LogP contribution is -2.27. The Morgan fingerprint density at radius 3 is 3.08 bits per heavy atom. The van der Waals surface area contributed by atoms with Crippen LogP contribution in [0.15, 0.2) is 6.33 Å². The van der Waals surface area contributed by atoms with Gasteiger partial charge in [-0.05, 0) is 6.42 Å². The van der Waals surface area contributed by atoms with Crippen molar-refractivity contribution in [2.24, 2.45) is 12.8 Å². The SMILES string of the molecule is Cn1ncnc1CN1CC[C@H](N)C1. The van der Waals surface area contributed by atoms with Crippen molar-refractivity contribution in [3.05, 3.63) is 12.2 Å². The molecule has 1 atom stereocenters. The Balaban J connectivity index is 1.95. The summed E-state index contributed by atoms with van der Waals surface area (Å²) < 4.78 is 1.81. The molecule has 2 rings (SSSR count). The maximum absolute atomic E-state index is 5.81. The lowest BCUT2D eigenvalue weighted by atomic mass is 10.3. The van der Waals surface area contributed by atoms with Gasteiger partial charge in [0.2, 0.25) is 0 Å². The standard InChI is InChI=1S/C8H15N5/c1-12-8(10-6-11-12)5-13-3-2-7(9)4-13/h6-7H,2-5,9H2,1H3/t7-/m0/s1. The van der Waals surface area contributed by atoms with Crippen LogP contribution in [-0.4, -0.2) is 38.8 Å². The fourth-order valence-electron chi connectivity index (χ4n) is 1.67. The first-order valence-electron chi connectivity index (χ1n) is 4.56. The molecule has 1 aromatic heterocycles. The average Bonchev–Trinajstić information content (AvgIpc) is 2.64. The summed E-state index contributed by atoms with van der Waals surface area (Å²) in [6.07, 6.45) is 2.68. The minimum atomic E-state index is 0.341. The molecule has 0 saturated carbocycles. The maximum atomic E-state index is 5.81. The number of hydrogen-bond acceptors (Lipinski definition) is 4. The van der Waals surface area contributed by atoms with E-state index in [1.54, 1.807) is 6.33 Å². The van der Waals surface area contributed by atoms with E-state index in [2.05, 4.69) is 15.0 Å². The van der Waals surface area contributed by atoms with Crippen molar-refractivity contribution in [2.45, 2.75) is 19.0 Å². The smallest absolute Gasteiger partial charge is 0.140 e. The van der Waals surface area contributed by atoms with Crippen LogP contribution in [0, 0.1) is 0 Å². The molecule has 2 heterocycles. The fraction of sp³-hybridized carbons (Fsp3) is 0.750. The van der Waals surface area contributed by atoms with E-state index in [-0.39, 0.29) is 0 Å². The van der Waals surface area contributed by atoms with Crippen LogP contribution in [-0.2, 0) is 13.6 Å². The van der Waals surface area contributed by atoms with E-state index in [9.17, 15) is 0 Å². The van der Waals surface area contributed by atoms with Crippen LogP contribution in [0.25, 0.3) is 0 Å². The summed E-state index contributed by atoms with van der Waals surface area (Å²) in [7, 11) is 1.92. The third-order valence-corrected chi connectivity index (χ3v) is 2.48. The van der Waals surface area contributed by atoms with E-state index in [0.29, 0.717) is 6.04 Å². The first-order chi connectivity index (χ1) is 6.25. The number of aromatic nitrogens is 3. The molecule has 0 unspecified atom stereocenters. The molecule has 2 N–H and O–H groups in total. The third kappa shape index (κ3) is 1.87. The molecular formula is C8H15N5. The minimum Gasteiger partial charge on any atom is -0.326 e. The molecule has 0 bridgehead atoms. The zero-order valence-corrected chi connectivity index (χ0v) is 7.85. The van der Waals surface area contributed by atoms with E-state index in [4.69, 9.17) is 5.73 Å². The second-order valence-electron chi connectivity index (χ2n) is 3.58. The van der Waals surface area contributed by atoms with Gasteiger partial charge < -0.3 is 5.73 Å². The van der Waals surface area contributed by atoms with Gasteiger partial charge in [0.25, 0.3) is 0 Å². The first kappa shape index (κ1) is 8.65. The van der Waals surface area contributed by atoms with E-state index >= 15 is 0 Å². The Kier molecular flexibility index (Phi) is 2.28. The molecular weight excluding hydrogens is 166 g/mol. The molecule has 5 nitrogen and oxygen atoms in total. The maximum Gasteiger partial charge on any atom is 0.140 e. The van der Waals surface area contributed by atoms with Crippen LogP contribution in [0.2, 0.25) is 0 Å². The molecule has 0 aliphatic carbocycles. The first-order valence-corrected chi connectivity index (χ1v) is 4.56. The van der Waals surface area contributed by atoms with Gasteiger partial charge in [-0.25, -0.2) is 4.98 Å². The molecule has 1 aliphatic rings. The van der Waals surface area contributed by atoms with Gasteiger partial charge in [-0.3, -0.25) is 9.58 Å². The summed E-state index contributed by atoms with van der Waals surface area (Å²) in [6, 6.07) is 0.341. The fourth-order valence-corrected chi connectivity index (χ4v) is 1.67. The summed E-state index contributed by atoms with van der Waals surface area (Å²) in [5, 5.41) is 4.03. The number of hydrogen-bond donors (Lipinski definition) is 1. The molecule has 1 aliphatic heterocycles. The average molecular weight is 181 g/mol. The van der Waals surface area contributed by atoms with Gasteiger partial charge in [-0.1, -0.05) is 0 Å². The van der Waals surface area contributed by atoms with Crippen molar-refractivity contribution in [3.63, 3.8) is 0 Å². The van der Waals surface area contributed by atoms with Crippen molar-refractivity contribution in [1.82, 2.24) is 19.7 Å². The van der Waals surface area contributed by atoms with Gasteiger partial charge in [-0.15, -0.1) is 0 Å². The van der Waals surface area contributed by atoms with Crippen molar-refractivity contribution < 1.29 is 0 Å².